The normalized spacial score (nSPS) is 14.3. The van der Waals surface area contributed by atoms with E-state index in [-0.39, 0.29) is 25.7 Å². The minimum absolute atomic E-state index is 0.0860. The van der Waals surface area contributed by atoms with Gasteiger partial charge in [-0.3, -0.25) is 37.3 Å². The van der Waals surface area contributed by atoms with Crippen LogP contribution in [-0.2, 0) is 65.4 Å². The first kappa shape index (κ1) is 89.0. The first-order valence-corrected chi connectivity index (χ1v) is 39.9. The van der Waals surface area contributed by atoms with Gasteiger partial charge < -0.3 is 33.8 Å². The summed E-state index contributed by atoms with van der Waals surface area (Å²) in [4.78, 5) is 72.6. The van der Waals surface area contributed by atoms with Gasteiger partial charge in [0.05, 0.1) is 26.4 Å². The predicted molar refractivity (Wildman–Crippen MR) is 372 cm³/mol. The number of phosphoric acid groups is 2. The van der Waals surface area contributed by atoms with Crippen LogP contribution in [0.4, 0.5) is 0 Å². The molecule has 92 heavy (non-hydrogen) atoms. The maximum absolute atomic E-state index is 13.0. The molecule has 0 fully saturated rings. The number of aliphatic hydroxyl groups excluding tert-OH is 1. The highest BCUT2D eigenvalue weighted by molar-refractivity contribution is 7.47. The Morgan fingerprint density at radius 3 is 0.902 bits per heavy atom. The second-order valence-corrected chi connectivity index (χ2v) is 27.8. The lowest BCUT2D eigenvalue weighted by atomic mass is 10.0. The molecule has 17 nitrogen and oxygen atoms in total. The molecule has 0 bridgehead atoms. The Hall–Kier alpha value is -2.98. The van der Waals surface area contributed by atoms with Gasteiger partial charge in [0, 0.05) is 25.7 Å². The summed E-state index contributed by atoms with van der Waals surface area (Å²) in [5.74, 6) is -2.18. The van der Waals surface area contributed by atoms with Crippen molar-refractivity contribution < 1.29 is 80.2 Å². The average Bonchev–Trinajstić information content (AvgIpc) is 3.33. The Morgan fingerprint density at radius 2 is 0.565 bits per heavy atom. The third kappa shape index (κ3) is 65.7. The number of hydrogen-bond donors (Lipinski definition) is 3. The molecule has 0 spiro atoms. The molecule has 0 aromatic carbocycles. The van der Waals surface area contributed by atoms with Crippen LogP contribution in [0.15, 0.2) is 48.6 Å². The molecule has 3 N–H and O–H groups in total. The average molecular weight is 1350 g/mol. The summed E-state index contributed by atoms with van der Waals surface area (Å²) in [6.07, 6.45) is 61.1. The molecule has 5 atom stereocenters. The van der Waals surface area contributed by atoms with Crippen molar-refractivity contribution in [2.75, 3.05) is 39.6 Å². The number of hydrogen-bond acceptors (Lipinski definition) is 15. The summed E-state index contributed by atoms with van der Waals surface area (Å²) < 4.78 is 68.3. The highest BCUT2D eigenvalue weighted by Gasteiger charge is 2.30. The molecule has 0 saturated heterocycles. The molecule has 0 aliphatic rings. The van der Waals surface area contributed by atoms with Crippen molar-refractivity contribution in [3.05, 3.63) is 48.6 Å². The van der Waals surface area contributed by atoms with Crippen LogP contribution in [0.3, 0.4) is 0 Å². The van der Waals surface area contributed by atoms with Crippen LogP contribution in [-0.4, -0.2) is 96.7 Å². The van der Waals surface area contributed by atoms with Crippen molar-refractivity contribution in [3.63, 3.8) is 0 Å². The number of carbonyl (C=O) groups excluding carboxylic acids is 4. The topological polar surface area (TPSA) is 237 Å². The number of carbonyl (C=O) groups is 4. The Balaban J connectivity index is 5.29. The Labute approximate surface area is 559 Å². The lowest BCUT2D eigenvalue weighted by Gasteiger charge is -2.21. The smallest absolute Gasteiger partial charge is 0.462 e. The van der Waals surface area contributed by atoms with Crippen molar-refractivity contribution in [1.29, 1.82) is 0 Å². The van der Waals surface area contributed by atoms with Gasteiger partial charge in [0.25, 0.3) is 0 Å². The number of phosphoric ester groups is 2. The van der Waals surface area contributed by atoms with E-state index in [1.54, 1.807) is 0 Å². The van der Waals surface area contributed by atoms with E-state index in [1.807, 2.05) is 0 Å². The van der Waals surface area contributed by atoms with Crippen LogP contribution in [0.2, 0.25) is 0 Å². The number of esters is 4. The summed E-state index contributed by atoms with van der Waals surface area (Å²) >= 11 is 0. The first-order valence-electron chi connectivity index (χ1n) is 36.9. The van der Waals surface area contributed by atoms with Gasteiger partial charge in [-0.05, 0) is 96.3 Å². The molecular weight excluding hydrogens is 1210 g/mol. The molecular formula is C73H134O17P2. The zero-order valence-corrected chi connectivity index (χ0v) is 60.3. The lowest BCUT2D eigenvalue weighted by Crippen LogP contribution is -2.30. The highest BCUT2D eigenvalue weighted by Crippen LogP contribution is 2.45. The zero-order valence-electron chi connectivity index (χ0n) is 58.5. The molecule has 0 aliphatic heterocycles. The third-order valence-corrected chi connectivity index (χ3v) is 17.6. The predicted octanol–water partition coefficient (Wildman–Crippen LogP) is 20.6. The molecule has 0 rings (SSSR count). The number of aliphatic hydroxyl groups is 1. The minimum Gasteiger partial charge on any atom is -0.462 e. The molecule has 5 unspecified atom stereocenters. The van der Waals surface area contributed by atoms with Crippen molar-refractivity contribution in [2.45, 2.75) is 354 Å². The van der Waals surface area contributed by atoms with Crippen molar-refractivity contribution in [1.82, 2.24) is 0 Å². The van der Waals surface area contributed by atoms with E-state index in [1.165, 1.54) is 109 Å². The number of ether oxygens (including phenoxy) is 4. The van der Waals surface area contributed by atoms with Crippen LogP contribution in [0.1, 0.15) is 336 Å². The molecule has 538 valence electrons. The van der Waals surface area contributed by atoms with Crippen molar-refractivity contribution in [2.24, 2.45) is 0 Å². The quantitative estimate of drug-likeness (QED) is 0.0169. The van der Waals surface area contributed by atoms with E-state index >= 15 is 0 Å². The fourth-order valence-electron chi connectivity index (χ4n) is 10.1. The highest BCUT2D eigenvalue weighted by atomic mass is 31.2. The molecule has 19 heteroatoms. The van der Waals surface area contributed by atoms with E-state index in [0.717, 1.165) is 148 Å². The Bertz CT molecular complexity index is 1940. The minimum atomic E-state index is -4.97. The van der Waals surface area contributed by atoms with Gasteiger partial charge in [0.15, 0.2) is 12.2 Å². The van der Waals surface area contributed by atoms with Crippen molar-refractivity contribution in [3.8, 4) is 0 Å². The number of unbranched alkanes of at least 4 members (excludes halogenated alkanes) is 36. The number of rotatable bonds is 70. The summed E-state index contributed by atoms with van der Waals surface area (Å²) in [5.41, 5.74) is 0. The largest absolute Gasteiger partial charge is 0.472 e. The first-order chi connectivity index (χ1) is 44.7. The van der Waals surface area contributed by atoms with E-state index in [0.29, 0.717) is 25.7 Å². The van der Waals surface area contributed by atoms with Gasteiger partial charge >= 0.3 is 39.5 Å². The second-order valence-electron chi connectivity index (χ2n) is 24.9. The fourth-order valence-corrected chi connectivity index (χ4v) is 11.6. The summed E-state index contributed by atoms with van der Waals surface area (Å²) in [5, 5.41) is 10.6. The van der Waals surface area contributed by atoms with E-state index in [2.05, 4.69) is 76.3 Å². The standard InChI is InChI=1S/C73H134O17P2/c1-5-9-13-17-21-25-29-32-33-36-39-42-46-50-54-58-71(76)84-63-68(89-72(77)59-55-51-47-43-37-28-24-20-16-12-8-4)65-87-91(79,80)85-61-67(74)62-86-92(81,82)88-66-69(90-73(78)60-56-52-48-44-40-35-31-27-23-19-15-11-7-3)64-83-70(75)57-53-49-45-41-38-34-30-26-22-18-14-10-6-2/h14,18,20,24,26-27,30-31,67-69,74H,5-13,15-17,19,21-23,25,28-29,32-66H2,1-4H3,(H,79,80)(H,81,82)/b18-14-,24-20-,30-26-,31-27-. The van der Waals surface area contributed by atoms with Gasteiger partial charge in [0.1, 0.15) is 19.3 Å². The Kier molecular flexibility index (Phi) is 64.5. The van der Waals surface area contributed by atoms with Crippen LogP contribution in [0, 0.1) is 0 Å². The third-order valence-electron chi connectivity index (χ3n) is 15.7. The molecule has 0 aromatic rings. The van der Waals surface area contributed by atoms with Gasteiger partial charge in [-0.2, -0.15) is 0 Å². The van der Waals surface area contributed by atoms with E-state index in [4.69, 9.17) is 37.0 Å². The molecule has 0 aromatic heterocycles. The maximum Gasteiger partial charge on any atom is 0.472 e. The SMILES string of the molecule is CCC/C=C\C/C=C\CCCCCCCC(=O)OCC(COP(=O)(O)OCC(O)COP(=O)(O)OCC(COC(=O)CCCCCCCCCCCCCCCCC)OC(=O)CCCCCCC/C=C\CCCC)OC(=O)CCCCCCC/C=C\CCCCCC. The van der Waals surface area contributed by atoms with E-state index < -0.39 is 97.5 Å². The van der Waals surface area contributed by atoms with Gasteiger partial charge in [-0.1, -0.05) is 263 Å². The molecule has 0 heterocycles. The maximum atomic E-state index is 13.0. The summed E-state index contributed by atoms with van der Waals surface area (Å²) in [7, 11) is -9.93. The molecule has 0 amide bonds. The summed E-state index contributed by atoms with van der Waals surface area (Å²) in [6.45, 7) is 4.76. The number of allylic oxidation sites excluding steroid dienone is 8. The van der Waals surface area contributed by atoms with Crippen LogP contribution in [0.25, 0.3) is 0 Å². The molecule has 0 radical (unpaired) electrons. The fraction of sp³-hybridized carbons (Fsp3) is 0.836. The van der Waals surface area contributed by atoms with Crippen LogP contribution >= 0.6 is 15.6 Å². The van der Waals surface area contributed by atoms with Crippen molar-refractivity contribution >= 4 is 39.5 Å². The second kappa shape index (κ2) is 66.6. The van der Waals surface area contributed by atoms with Gasteiger partial charge in [0.2, 0.25) is 0 Å². The van der Waals surface area contributed by atoms with Crippen LogP contribution in [0.5, 0.6) is 0 Å². The molecule has 0 aliphatic carbocycles. The Morgan fingerprint density at radius 1 is 0.304 bits per heavy atom. The van der Waals surface area contributed by atoms with Crippen LogP contribution < -0.4 is 0 Å². The lowest BCUT2D eigenvalue weighted by molar-refractivity contribution is -0.161. The zero-order chi connectivity index (χ0) is 67.5. The molecule has 0 saturated carbocycles. The summed E-state index contributed by atoms with van der Waals surface area (Å²) in [6, 6.07) is 0. The monoisotopic (exact) mass is 1340 g/mol. The van der Waals surface area contributed by atoms with E-state index in [9.17, 15) is 43.2 Å². The van der Waals surface area contributed by atoms with Gasteiger partial charge in [-0.25, -0.2) is 9.13 Å². The van der Waals surface area contributed by atoms with Gasteiger partial charge in [-0.15, -0.1) is 0 Å².